The summed E-state index contributed by atoms with van der Waals surface area (Å²) in [6.07, 6.45) is 0.0941. The van der Waals surface area contributed by atoms with Crippen LogP contribution in [0.1, 0.15) is 31.9 Å². The number of halogens is 1. The van der Waals surface area contributed by atoms with E-state index in [-0.39, 0.29) is 18.5 Å². The highest BCUT2D eigenvalue weighted by atomic mass is 19.1. The van der Waals surface area contributed by atoms with Gasteiger partial charge in [0.15, 0.2) is 0 Å². The van der Waals surface area contributed by atoms with Crippen molar-refractivity contribution in [2.75, 3.05) is 6.61 Å². The zero-order valence-electron chi connectivity index (χ0n) is 9.61. The summed E-state index contributed by atoms with van der Waals surface area (Å²) in [5.41, 5.74) is 6.05. The van der Waals surface area contributed by atoms with Gasteiger partial charge in [-0.2, -0.15) is 0 Å². The van der Waals surface area contributed by atoms with Gasteiger partial charge in [-0.25, -0.2) is 4.39 Å². The van der Waals surface area contributed by atoms with Crippen LogP contribution in [0.2, 0.25) is 0 Å². The first-order valence-electron chi connectivity index (χ1n) is 5.40. The third kappa shape index (κ3) is 3.47. The maximum atomic E-state index is 13.5. The molecule has 1 aromatic rings. The maximum absolute atomic E-state index is 13.5. The molecule has 1 aromatic carbocycles. The van der Waals surface area contributed by atoms with E-state index in [1.165, 1.54) is 6.07 Å². The number of nitrogens with two attached hydrogens (primary N) is 1. The van der Waals surface area contributed by atoms with Crippen molar-refractivity contribution in [3.05, 3.63) is 29.6 Å². The Kier molecular flexibility index (Phi) is 4.71. The molecule has 90 valence electrons. The minimum Gasteiger partial charge on any atom is -0.491 e. The maximum Gasteiger partial charge on any atom is 0.131 e. The number of hydrogen-bond donors (Lipinski definition) is 2. The van der Waals surface area contributed by atoms with Crippen LogP contribution in [0.25, 0.3) is 0 Å². The standard InChI is InChI=1S/C12H18FNO2/c1-3-9(15)7-16-10-4-5-11(8(2)14)12(13)6-10/h4-6,8-9,15H,3,7,14H2,1-2H3. The van der Waals surface area contributed by atoms with Crippen LogP contribution in [-0.4, -0.2) is 17.8 Å². The predicted octanol–water partition coefficient (Wildman–Crippen LogP) is 2.00. The molecule has 1 rings (SSSR count). The molecule has 0 saturated carbocycles. The first-order chi connectivity index (χ1) is 7.54. The van der Waals surface area contributed by atoms with E-state index in [9.17, 15) is 9.50 Å². The lowest BCUT2D eigenvalue weighted by atomic mass is 10.1. The summed E-state index contributed by atoms with van der Waals surface area (Å²) in [4.78, 5) is 0. The zero-order chi connectivity index (χ0) is 12.1. The van der Waals surface area contributed by atoms with Crippen LogP contribution < -0.4 is 10.5 Å². The topological polar surface area (TPSA) is 55.5 Å². The van der Waals surface area contributed by atoms with Crippen molar-refractivity contribution >= 4 is 0 Å². The molecule has 0 fully saturated rings. The summed E-state index contributed by atoms with van der Waals surface area (Å²) in [5, 5.41) is 9.29. The molecule has 0 aliphatic rings. The van der Waals surface area contributed by atoms with Gasteiger partial charge in [-0.05, 0) is 19.4 Å². The molecule has 3 N–H and O–H groups in total. The Hall–Kier alpha value is -1.13. The number of rotatable bonds is 5. The fourth-order valence-electron chi connectivity index (χ4n) is 1.28. The van der Waals surface area contributed by atoms with Crippen molar-refractivity contribution in [1.29, 1.82) is 0 Å². The molecule has 0 amide bonds. The van der Waals surface area contributed by atoms with Gasteiger partial charge in [0, 0.05) is 17.7 Å². The molecule has 0 heterocycles. The van der Waals surface area contributed by atoms with E-state index >= 15 is 0 Å². The second kappa shape index (κ2) is 5.82. The van der Waals surface area contributed by atoms with E-state index in [0.29, 0.717) is 17.7 Å². The van der Waals surface area contributed by atoms with Gasteiger partial charge in [-0.3, -0.25) is 0 Å². The van der Waals surface area contributed by atoms with Crippen LogP contribution in [-0.2, 0) is 0 Å². The highest BCUT2D eigenvalue weighted by Gasteiger charge is 2.09. The van der Waals surface area contributed by atoms with Crippen molar-refractivity contribution in [1.82, 2.24) is 0 Å². The van der Waals surface area contributed by atoms with E-state index in [1.807, 2.05) is 6.92 Å². The Bertz CT molecular complexity index is 342. The summed E-state index contributed by atoms with van der Waals surface area (Å²) in [6.45, 7) is 3.75. The van der Waals surface area contributed by atoms with Crippen LogP contribution in [0.3, 0.4) is 0 Å². The summed E-state index contributed by atoms with van der Waals surface area (Å²) in [5.74, 6) is 0.0351. The molecule has 3 nitrogen and oxygen atoms in total. The van der Waals surface area contributed by atoms with Crippen molar-refractivity contribution in [2.24, 2.45) is 5.73 Å². The fraction of sp³-hybridized carbons (Fsp3) is 0.500. The number of aliphatic hydroxyl groups is 1. The summed E-state index contributed by atoms with van der Waals surface area (Å²) >= 11 is 0. The van der Waals surface area contributed by atoms with Crippen molar-refractivity contribution in [2.45, 2.75) is 32.4 Å². The molecular formula is C12H18FNO2. The van der Waals surface area contributed by atoms with Crippen LogP contribution in [0.15, 0.2) is 18.2 Å². The number of aliphatic hydroxyl groups excluding tert-OH is 1. The SMILES string of the molecule is CCC(O)COc1ccc(C(C)N)c(F)c1. The molecule has 2 atom stereocenters. The van der Waals surface area contributed by atoms with Crippen LogP contribution >= 0.6 is 0 Å². The lowest BCUT2D eigenvalue weighted by Crippen LogP contribution is -2.16. The van der Waals surface area contributed by atoms with Gasteiger partial charge in [-0.1, -0.05) is 13.0 Å². The van der Waals surface area contributed by atoms with Crippen molar-refractivity contribution in [3.63, 3.8) is 0 Å². The smallest absolute Gasteiger partial charge is 0.131 e. The van der Waals surface area contributed by atoms with E-state index in [2.05, 4.69) is 0 Å². The van der Waals surface area contributed by atoms with Gasteiger partial charge >= 0.3 is 0 Å². The Morgan fingerprint density at radius 3 is 2.69 bits per heavy atom. The second-order valence-electron chi connectivity index (χ2n) is 3.85. The van der Waals surface area contributed by atoms with Gasteiger partial charge in [0.2, 0.25) is 0 Å². The zero-order valence-corrected chi connectivity index (χ0v) is 9.61. The normalized spacial score (nSPS) is 14.6. The third-order valence-corrected chi connectivity index (χ3v) is 2.38. The molecular weight excluding hydrogens is 209 g/mol. The van der Waals surface area contributed by atoms with Crippen LogP contribution in [0.5, 0.6) is 5.75 Å². The molecule has 2 unspecified atom stereocenters. The average molecular weight is 227 g/mol. The van der Waals surface area contributed by atoms with E-state index in [4.69, 9.17) is 10.5 Å². The highest BCUT2D eigenvalue weighted by molar-refractivity contribution is 5.30. The monoisotopic (exact) mass is 227 g/mol. The molecule has 0 saturated heterocycles. The van der Waals surface area contributed by atoms with Crippen LogP contribution in [0, 0.1) is 5.82 Å². The third-order valence-electron chi connectivity index (χ3n) is 2.38. The number of hydrogen-bond acceptors (Lipinski definition) is 3. The predicted molar refractivity (Wildman–Crippen MR) is 60.8 cm³/mol. The first-order valence-corrected chi connectivity index (χ1v) is 5.40. The molecule has 0 aliphatic carbocycles. The Morgan fingerprint density at radius 2 is 2.19 bits per heavy atom. The first kappa shape index (κ1) is 12.9. The lowest BCUT2D eigenvalue weighted by molar-refractivity contribution is 0.104. The van der Waals surface area contributed by atoms with E-state index < -0.39 is 6.10 Å². The highest BCUT2D eigenvalue weighted by Crippen LogP contribution is 2.20. The number of ether oxygens (including phenoxy) is 1. The molecule has 0 radical (unpaired) electrons. The molecule has 0 spiro atoms. The second-order valence-corrected chi connectivity index (χ2v) is 3.85. The summed E-state index contributed by atoms with van der Waals surface area (Å²) in [7, 11) is 0. The fourth-order valence-corrected chi connectivity index (χ4v) is 1.28. The minimum absolute atomic E-state index is 0.174. The summed E-state index contributed by atoms with van der Waals surface area (Å²) < 4.78 is 18.7. The van der Waals surface area contributed by atoms with Gasteiger partial charge < -0.3 is 15.6 Å². The van der Waals surface area contributed by atoms with Gasteiger partial charge in [0.1, 0.15) is 18.2 Å². The Labute approximate surface area is 95.0 Å². The van der Waals surface area contributed by atoms with Crippen molar-refractivity contribution < 1.29 is 14.2 Å². The largest absolute Gasteiger partial charge is 0.491 e. The Balaban J connectivity index is 2.66. The van der Waals surface area contributed by atoms with Crippen molar-refractivity contribution in [3.8, 4) is 5.75 Å². The van der Waals surface area contributed by atoms with Gasteiger partial charge in [-0.15, -0.1) is 0 Å². The summed E-state index contributed by atoms with van der Waals surface area (Å²) in [6, 6.07) is 4.22. The molecule has 4 heteroatoms. The number of benzene rings is 1. The molecule has 16 heavy (non-hydrogen) atoms. The average Bonchev–Trinajstić information content (AvgIpc) is 2.25. The van der Waals surface area contributed by atoms with Gasteiger partial charge in [0.25, 0.3) is 0 Å². The quantitative estimate of drug-likeness (QED) is 0.808. The molecule has 0 aliphatic heterocycles. The van der Waals surface area contributed by atoms with E-state index in [0.717, 1.165) is 0 Å². The lowest BCUT2D eigenvalue weighted by Gasteiger charge is -2.12. The molecule has 0 bridgehead atoms. The van der Waals surface area contributed by atoms with Gasteiger partial charge in [0.05, 0.1) is 6.10 Å². The minimum atomic E-state index is -0.517. The van der Waals surface area contributed by atoms with Crippen LogP contribution in [0.4, 0.5) is 4.39 Å². The Morgan fingerprint density at radius 1 is 1.50 bits per heavy atom. The van der Waals surface area contributed by atoms with E-state index in [1.54, 1.807) is 19.1 Å². The molecule has 0 aromatic heterocycles.